The molecule has 5 heteroatoms. The van der Waals surface area contributed by atoms with Gasteiger partial charge in [0, 0.05) is 19.5 Å². The van der Waals surface area contributed by atoms with Gasteiger partial charge in [-0.05, 0) is 47.6 Å². The molecule has 1 unspecified atom stereocenters. The first kappa shape index (κ1) is 18.0. The Hall–Kier alpha value is -2.43. The summed E-state index contributed by atoms with van der Waals surface area (Å²) < 4.78 is 35.1. The molecular weight excluding hydrogens is 348 g/mol. The third kappa shape index (κ3) is 3.20. The minimum atomic E-state index is -2.80. The molecule has 0 saturated heterocycles. The number of fused-ring (bicyclic) bond motifs is 3. The number of rotatable bonds is 2. The molecule has 142 valence electrons. The van der Waals surface area contributed by atoms with Gasteiger partial charge in [0.1, 0.15) is 0 Å². The molecule has 0 fully saturated rings. The van der Waals surface area contributed by atoms with Crippen molar-refractivity contribution in [2.45, 2.75) is 38.0 Å². The number of nitrogens with zero attached hydrogens (tertiary/aromatic N) is 1. The maximum atomic E-state index is 15.0. The van der Waals surface area contributed by atoms with Crippen LogP contribution in [0.3, 0.4) is 0 Å². The highest BCUT2D eigenvalue weighted by molar-refractivity contribution is 5.68. The van der Waals surface area contributed by atoms with Gasteiger partial charge < -0.3 is 9.64 Å². The van der Waals surface area contributed by atoms with Gasteiger partial charge in [-0.15, -0.1) is 0 Å². The molecule has 2 aliphatic rings. The van der Waals surface area contributed by atoms with Gasteiger partial charge in [0.25, 0.3) is 5.92 Å². The lowest BCUT2D eigenvalue weighted by Gasteiger charge is -2.23. The Morgan fingerprint density at radius 2 is 1.81 bits per heavy atom. The van der Waals surface area contributed by atoms with E-state index < -0.39 is 11.8 Å². The molecule has 2 aromatic rings. The molecule has 3 nitrogen and oxygen atoms in total. The van der Waals surface area contributed by atoms with Gasteiger partial charge in [0.15, 0.2) is 0 Å². The Morgan fingerprint density at radius 1 is 1.11 bits per heavy atom. The highest BCUT2D eigenvalue weighted by atomic mass is 19.3. The Morgan fingerprint density at radius 3 is 2.56 bits per heavy atom. The number of hydrogen-bond acceptors (Lipinski definition) is 2. The number of benzene rings is 2. The summed E-state index contributed by atoms with van der Waals surface area (Å²) in [6.45, 7) is 3.16. The number of carbonyl (C=O) groups excluding carboxylic acids is 1. The summed E-state index contributed by atoms with van der Waals surface area (Å²) >= 11 is 0. The van der Waals surface area contributed by atoms with E-state index in [1.165, 1.54) is 0 Å². The summed E-state index contributed by atoms with van der Waals surface area (Å²) in [4.78, 5) is 13.8. The average molecular weight is 371 g/mol. The Labute approximate surface area is 157 Å². The third-order valence-corrected chi connectivity index (χ3v) is 5.62. The molecule has 1 atom stereocenters. The third-order valence-electron chi connectivity index (χ3n) is 5.62. The van der Waals surface area contributed by atoms with Gasteiger partial charge in [0.05, 0.1) is 12.5 Å². The molecule has 0 spiro atoms. The van der Waals surface area contributed by atoms with E-state index >= 15 is 0 Å². The zero-order valence-electron chi connectivity index (χ0n) is 15.4. The quantitative estimate of drug-likeness (QED) is 0.774. The van der Waals surface area contributed by atoms with Crippen LogP contribution in [-0.2, 0) is 24.0 Å². The van der Waals surface area contributed by atoms with E-state index in [1.54, 1.807) is 24.0 Å². The lowest BCUT2D eigenvalue weighted by Crippen LogP contribution is -2.33. The smallest absolute Gasteiger partial charge is 0.409 e. The average Bonchev–Trinajstić information content (AvgIpc) is 2.79. The summed E-state index contributed by atoms with van der Waals surface area (Å²) in [6.07, 6.45) is 0.689. The molecule has 27 heavy (non-hydrogen) atoms. The lowest BCUT2D eigenvalue weighted by molar-refractivity contribution is -0.00373. The van der Waals surface area contributed by atoms with Crippen LogP contribution in [0.15, 0.2) is 42.5 Å². The summed E-state index contributed by atoms with van der Waals surface area (Å²) in [5.41, 5.74) is 4.22. The van der Waals surface area contributed by atoms with Crippen molar-refractivity contribution in [2.75, 3.05) is 19.7 Å². The number of carbonyl (C=O) groups is 1. The highest BCUT2D eigenvalue weighted by Crippen LogP contribution is 2.50. The Balaban J connectivity index is 1.73. The highest BCUT2D eigenvalue weighted by Gasteiger charge is 2.49. The Bertz CT molecular complexity index is 851. The predicted molar refractivity (Wildman–Crippen MR) is 99.4 cm³/mol. The van der Waals surface area contributed by atoms with Crippen LogP contribution in [0.1, 0.15) is 40.7 Å². The van der Waals surface area contributed by atoms with Gasteiger partial charge in [0.2, 0.25) is 0 Å². The largest absolute Gasteiger partial charge is 0.450 e. The van der Waals surface area contributed by atoms with Gasteiger partial charge in [-0.25, -0.2) is 13.6 Å². The van der Waals surface area contributed by atoms with E-state index in [4.69, 9.17) is 4.74 Å². The molecule has 1 aliphatic heterocycles. The van der Waals surface area contributed by atoms with E-state index in [0.29, 0.717) is 38.1 Å². The number of amides is 1. The number of halogens is 2. The molecule has 0 saturated carbocycles. The van der Waals surface area contributed by atoms with Gasteiger partial charge >= 0.3 is 6.09 Å². The molecule has 0 radical (unpaired) electrons. The maximum Gasteiger partial charge on any atom is 0.409 e. The van der Waals surface area contributed by atoms with Crippen molar-refractivity contribution in [1.82, 2.24) is 4.90 Å². The first-order valence-corrected chi connectivity index (χ1v) is 9.49. The van der Waals surface area contributed by atoms with E-state index in [2.05, 4.69) is 0 Å². The second kappa shape index (κ2) is 6.95. The number of alkyl halides is 2. The van der Waals surface area contributed by atoms with Crippen LogP contribution in [-0.4, -0.2) is 36.6 Å². The summed E-state index contributed by atoms with van der Waals surface area (Å²) in [5, 5.41) is 0. The second-order valence-corrected chi connectivity index (χ2v) is 7.24. The van der Waals surface area contributed by atoms with Gasteiger partial charge in [-0.1, -0.05) is 42.5 Å². The van der Waals surface area contributed by atoms with Crippen molar-refractivity contribution in [3.8, 4) is 0 Å². The van der Waals surface area contributed by atoms with Crippen LogP contribution in [0.5, 0.6) is 0 Å². The van der Waals surface area contributed by atoms with Crippen molar-refractivity contribution in [3.05, 3.63) is 70.3 Å². The minimum Gasteiger partial charge on any atom is -0.450 e. The number of hydrogen-bond donors (Lipinski definition) is 0. The van der Waals surface area contributed by atoms with Crippen molar-refractivity contribution >= 4 is 6.09 Å². The standard InChI is InChI=1S/C22H23F2NO2/c1-2-27-21(26)25-12-10-15-8-9-17-14-22(23,24)20(16-6-4-3-5-7-16)19(17)18(15)11-13-25/h3-9,20H,2,10-14H2,1H3. The topological polar surface area (TPSA) is 29.5 Å². The van der Waals surface area contributed by atoms with Crippen LogP contribution in [0.25, 0.3) is 0 Å². The fraction of sp³-hybridized carbons (Fsp3) is 0.409. The predicted octanol–water partition coefficient (Wildman–Crippen LogP) is 4.57. The molecule has 0 N–H and O–H groups in total. The number of ether oxygens (including phenoxy) is 1. The van der Waals surface area contributed by atoms with Crippen LogP contribution in [0.4, 0.5) is 13.6 Å². The Kier molecular flexibility index (Phi) is 4.62. The zero-order chi connectivity index (χ0) is 19.0. The molecule has 1 aliphatic carbocycles. The van der Waals surface area contributed by atoms with E-state index in [9.17, 15) is 13.6 Å². The molecule has 1 amide bonds. The van der Waals surface area contributed by atoms with Crippen molar-refractivity contribution in [1.29, 1.82) is 0 Å². The van der Waals surface area contributed by atoms with Crippen molar-refractivity contribution in [2.24, 2.45) is 0 Å². The maximum absolute atomic E-state index is 15.0. The molecule has 0 aromatic heterocycles. The normalized spacial score (nSPS) is 20.6. The van der Waals surface area contributed by atoms with E-state index in [-0.39, 0.29) is 12.5 Å². The summed E-state index contributed by atoms with van der Waals surface area (Å²) in [5.74, 6) is -3.72. The second-order valence-electron chi connectivity index (χ2n) is 7.24. The first-order chi connectivity index (χ1) is 13.0. The van der Waals surface area contributed by atoms with Gasteiger partial charge in [-0.3, -0.25) is 0 Å². The molecule has 2 aromatic carbocycles. The first-order valence-electron chi connectivity index (χ1n) is 9.49. The summed E-state index contributed by atoms with van der Waals surface area (Å²) in [6, 6.07) is 12.9. The van der Waals surface area contributed by atoms with Gasteiger partial charge in [-0.2, -0.15) is 0 Å². The lowest BCUT2D eigenvalue weighted by atomic mass is 9.85. The SMILES string of the molecule is CCOC(=O)N1CCc2ccc3c(c2CC1)C(c1ccccc1)C(F)(F)C3. The van der Waals surface area contributed by atoms with Crippen LogP contribution in [0, 0.1) is 0 Å². The van der Waals surface area contributed by atoms with Crippen LogP contribution in [0.2, 0.25) is 0 Å². The zero-order valence-corrected chi connectivity index (χ0v) is 15.4. The van der Waals surface area contributed by atoms with Crippen LogP contribution >= 0.6 is 0 Å². The van der Waals surface area contributed by atoms with E-state index in [0.717, 1.165) is 22.3 Å². The van der Waals surface area contributed by atoms with Crippen molar-refractivity contribution < 1.29 is 18.3 Å². The van der Waals surface area contributed by atoms with E-state index in [1.807, 2.05) is 30.3 Å². The minimum absolute atomic E-state index is 0.225. The molecular formula is C22H23F2NO2. The molecule has 0 bridgehead atoms. The fourth-order valence-electron chi connectivity index (χ4n) is 4.44. The van der Waals surface area contributed by atoms with Crippen LogP contribution < -0.4 is 0 Å². The van der Waals surface area contributed by atoms with Crippen molar-refractivity contribution in [3.63, 3.8) is 0 Å². The molecule has 1 heterocycles. The monoisotopic (exact) mass is 371 g/mol. The fourth-order valence-corrected chi connectivity index (χ4v) is 4.44. The summed E-state index contributed by atoms with van der Waals surface area (Å²) in [7, 11) is 0. The molecule has 4 rings (SSSR count).